The van der Waals surface area contributed by atoms with Gasteiger partial charge in [0.2, 0.25) is 0 Å². The number of phenols is 1. The maximum absolute atomic E-state index is 12.2. The van der Waals surface area contributed by atoms with E-state index in [4.69, 9.17) is 9.47 Å². The van der Waals surface area contributed by atoms with Crippen molar-refractivity contribution in [3.05, 3.63) is 96.1 Å². The first-order valence-electron chi connectivity index (χ1n) is 18.9. The van der Waals surface area contributed by atoms with Crippen molar-refractivity contribution in [2.24, 2.45) is 0 Å². The molecule has 0 saturated heterocycles. The van der Waals surface area contributed by atoms with Crippen LogP contribution in [0.2, 0.25) is 0 Å². The molecule has 4 aromatic rings. The van der Waals surface area contributed by atoms with Gasteiger partial charge in [0.05, 0.1) is 4.90 Å². The van der Waals surface area contributed by atoms with Gasteiger partial charge in [0.1, 0.15) is 43.8 Å². The Kier molecular flexibility index (Phi) is 22.3. The number of aromatic hydroxyl groups is 1. The minimum Gasteiger partial charge on any atom is -0.872 e. The Balaban J connectivity index is 0.000000373. The van der Waals surface area contributed by atoms with Gasteiger partial charge in [-0.3, -0.25) is 4.55 Å². The van der Waals surface area contributed by atoms with Crippen LogP contribution in [0.25, 0.3) is 0 Å². The minimum atomic E-state index is -4.84. The van der Waals surface area contributed by atoms with Crippen molar-refractivity contribution in [3.63, 3.8) is 0 Å². The van der Waals surface area contributed by atoms with Gasteiger partial charge in [0.15, 0.2) is 0 Å². The van der Waals surface area contributed by atoms with Crippen LogP contribution in [0, 0.1) is 0 Å². The smallest absolute Gasteiger partial charge is 0.872 e. The van der Waals surface area contributed by atoms with Crippen molar-refractivity contribution in [3.8, 4) is 34.5 Å². The maximum Gasteiger partial charge on any atom is 2.00 e. The molecule has 10 nitrogen and oxygen atoms in total. The summed E-state index contributed by atoms with van der Waals surface area (Å²) in [4.78, 5) is -0.873. The Morgan fingerprint density at radius 1 is 0.545 bits per heavy atom. The molecule has 0 aliphatic heterocycles. The second-order valence-electron chi connectivity index (χ2n) is 13.3. The SMILES string of the molecule is CCCCCCCCCc1c(O)ccc(Oc2ccccc2)c1S(=O)(=O)O.CCCCCCCCCc1c([O-])ccc(Oc2ccccc2)c1S(=O)(=O)[O-].[Ca+2]. The Morgan fingerprint density at radius 2 is 0.945 bits per heavy atom. The summed E-state index contributed by atoms with van der Waals surface area (Å²) in [5.74, 6) is 0.205. The molecule has 13 heteroatoms. The largest absolute Gasteiger partial charge is 2.00 e. The topological polar surface area (TPSA) is 173 Å². The average molecular weight is 823 g/mol. The van der Waals surface area contributed by atoms with Gasteiger partial charge in [0.25, 0.3) is 10.1 Å². The van der Waals surface area contributed by atoms with Crippen LogP contribution in [0.3, 0.4) is 0 Å². The molecule has 55 heavy (non-hydrogen) atoms. The first-order chi connectivity index (χ1) is 25.9. The fourth-order valence-corrected chi connectivity index (χ4v) is 7.87. The van der Waals surface area contributed by atoms with Gasteiger partial charge in [-0.15, -0.1) is 5.75 Å². The predicted octanol–water partition coefficient (Wildman–Crippen LogP) is 10.1. The van der Waals surface area contributed by atoms with Crippen molar-refractivity contribution in [1.29, 1.82) is 0 Å². The first-order valence-corrected chi connectivity index (χ1v) is 21.8. The summed E-state index contributed by atoms with van der Waals surface area (Å²) in [5.41, 5.74) is 0.242. The first kappa shape index (κ1) is 48.3. The molecule has 0 amide bonds. The van der Waals surface area contributed by atoms with Crippen molar-refractivity contribution in [2.45, 2.75) is 126 Å². The number of unbranched alkanes of at least 4 members (excludes halogenated alkanes) is 12. The van der Waals surface area contributed by atoms with Crippen LogP contribution in [0.1, 0.15) is 115 Å². The van der Waals surface area contributed by atoms with Crippen LogP contribution in [-0.4, -0.2) is 68.8 Å². The molecule has 0 saturated carbocycles. The van der Waals surface area contributed by atoms with E-state index >= 15 is 0 Å². The third kappa shape index (κ3) is 17.0. The van der Waals surface area contributed by atoms with Crippen molar-refractivity contribution >= 4 is 58.0 Å². The molecular weight excluding hydrogens is 769 g/mol. The molecule has 0 heterocycles. The summed E-state index contributed by atoms with van der Waals surface area (Å²) in [6.07, 6.45) is 15.4. The number of benzene rings is 4. The number of hydrogen-bond acceptors (Lipinski definition) is 9. The number of rotatable bonds is 22. The molecule has 4 aromatic carbocycles. The second-order valence-corrected chi connectivity index (χ2v) is 15.9. The summed E-state index contributed by atoms with van der Waals surface area (Å²) < 4.78 is 80.5. The zero-order valence-corrected chi connectivity index (χ0v) is 35.9. The quantitative estimate of drug-likeness (QED) is 0.0441. The van der Waals surface area contributed by atoms with E-state index in [0.29, 0.717) is 24.3 Å². The van der Waals surface area contributed by atoms with Crippen LogP contribution >= 0.6 is 0 Å². The third-order valence-corrected chi connectivity index (χ3v) is 10.8. The molecule has 4 rings (SSSR count). The van der Waals surface area contributed by atoms with E-state index in [2.05, 4.69) is 13.8 Å². The summed E-state index contributed by atoms with van der Waals surface area (Å²) >= 11 is 0. The van der Waals surface area contributed by atoms with E-state index in [-0.39, 0.29) is 77.4 Å². The van der Waals surface area contributed by atoms with Gasteiger partial charge in [-0.2, -0.15) is 8.42 Å². The molecule has 2 N–H and O–H groups in total. The van der Waals surface area contributed by atoms with Crippen molar-refractivity contribution in [2.75, 3.05) is 0 Å². The molecule has 0 unspecified atom stereocenters. The zero-order chi connectivity index (χ0) is 39.4. The van der Waals surface area contributed by atoms with E-state index in [9.17, 15) is 36.2 Å². The van der Waals surface area contributed by atoms with E-state index in [1.807, 2.05) is 6.07 Å². The Morgan fingerprint density at radius 3 is 1.38 bits per heavy atom. The summed E-state index contributed by atoms with van der Waals surface area (Å²) in [6, 6.07) is 22.6. The molecule has 0 aromatic heterocycles. The van der Waals surface area contributed by atoms with Gasteiger partial charge in [-0.25, -0.2) is 8.42 Å². The predicted molar refractivity (Wildman–Crippen MR) is 214 cm³/mol. The van der Waals surface area contributed by atoms with Crippen LogP contribution in [0.4, 0.5) is 0 Å². The van der Waals surface area contributed by atoms with Crippen LogP contribution in [-0.2, 0) is 33.1 Å². The summed E-state index contributed by atoms with van der Waals surface area (Å²) in [6.45, 7) is 4.33. The van der Waals surface area contributed by atoms with E-state index < -0.39 is 30.9 Å². The summed E-state index contributed by atoms with van der Waals surface area (Å²) in [7, 11) is -9.38. The van der Waals surface area contributed by atoms with Crippen molar-refractivity contribution in [1.82, 2.24) is 0 Å². The molecular formula is C42H54CaO10S2. The van der Waals surface area contributed by atoms with Gasteiger partial charge in [-0.1, -0.05) is 133 Å². The minimum absolute atomic E-state index is 0. The summed E-state index contributed by atoms with van der Waals surface area (Å²) in [5, 5.41) is 22.4. The number of hydrogen-bond donors (Lipinski definition) is 2. The standard InChI is InChI=1S/2C21H28O5S.Ca/c2*1-2-3-4-5-6-7-11-14-18-19(22)15-16-20(21(18)27(23,24)25)26-17-12-9-8-10-13-17;/h2*8-10,12-13,15-16,22H,2-7,11,14H2,1H3,(H,23,24,25);/q;;+2/p-2. The fraction of sp³-hybridized carbons (Fsp3) is 0.429. The molecule has 0 atom stereocenters. The molecule has 296 valence electrons. The van der Waals surface area contributed by atoms with Gasteiger partial charge in [0, 0.05) is 5.56 Å². The molecule has 0 radical (unpaired) electrons. The maximum atomic E-state index is 12.2. The Hall–Kier alpha value is -2.84. The number of phenolic OH excluding ortho intramolecular Hbond substituents is 1. The normalized spacial score (nSPS) is 11.3. The average Bonchev–Trinajstić information content (AvgIpc) is 3.13. The number of para-hydroxylation sites is 2. The third-order valence-electron chi connectivity index (χ3n) is 8.89. The number of ether oxygens (including phenoxy) is 2. The Labute approximate surface area is 357 Å². The monoisotopic (exact) mass is 822 g/mol. The van der Waals surface area contributed by atoms with Gasteiger partial charge < -0.3 is 24.2 Å². The molecule has 0 aliphatic carbocycles. The van der Waals surface area contributed by atoms with E-state index in [1.165, 1.54) is 62.8 Å². The zero-order valence-electron chi connectivity index (χ0n) is 32.1. The van der Waals surface area contributed by atoms with Gasteiger partial charge >= 0.3 is 37.7 Å². The van der Waals surface area contributed by atoms with E-state index in [1.54, 1.807) is 54.6 Å². The fourth-order valence-electron chi connectivity index (χ4n) is 6.13. The molecule has 0 bridgehead atoms. The Bertz CT molecular complexity index is 1780. The second kappa shape index (κ2) is 25.4. The van der Waals surface area contributed by atoms with E-state index in [0.717, 1.165) is 44.9 Å². The van der Waals surface area contributed by atoms with Gasteiger partial charge in [-0.05, 0) is 73.7 Å². The van der Waals surface area contributed by atoms with Crippen LogP contribution in [0.15, 0.2) is 94.7 Å². The molecule has 0 fully saturated rings. The van der Waals surface area contributed by atoms with Crippen molar-refractivity contribution < 1.29 is 45.6 Å². The van der Waals surface area contributed by atoms with Crippen LogP contribution in [0.5, 0.6) is 34.5 Å². The molecule has 0 spiro atoms. The van der Waals surface area contributed by atoms with Crippen LogP contribution < -0.4 is 14.6 Å². The molecule has 0 aliphatic rings.